The van der Waals surface area contributed by atoms with Gasteiger partial charge in [0.2, 0.25) is 0 Å². The molecule has 0 saturated heterocycles. The molecule has 1 radical (unpaired) electrons. The van der Waals surface area contributed by atoms with E-state index in [0.717, 1.165) is 12.3 Å². The van der Waals surface area contributed by atoms with Crippen molar-refractivity contribution in [2.75, 3.05) is 0 Å². The fourth-order valence-electron chi connectivity index (χ4n) is 3.71. The van der Waals surface area contributed by atoms with Crippen molar-refractivity contribution >= 4 is 0 Å². The predicted octanol–water partition coefficient (Wildman–Crippen LogP) is 5.44. The van der Waals surface area contributed by atoms with E-state index in [1.165, 1.54) is 32.1 Å². The van der Waals surface area contributed by atoms with Crippen molar-refractivity contribution in [3.8, 4) is 0 Å². The van der Waals surface area contributed by atoms with E-state index < -0.39 is 0 Å². The van der Waals surface area contributed by atoms with Crippen molar-refractivity contribution in [1.82, 2.24) is 0 Å². The van der Waals surface area contributed by atoms with E-state index in [1.54, 1.807) is 0 Å². The molecule has 1 rings (SSSR count). The summed E-state index contributed by atoms with van der Waals surface area (Å²) < 4.78 is 0. The van der Waals surface area contributed by atoms with Gasteiger partial charge in [-0.05, 0) is 0 Å². The zero-order valence-electron chi connectivity index (χ0n) is 12.6. The van der Waals surface area contributed by atoms with E-state index in [1.807, 2.05) is 5.92 Å². The Balaban J connectivity index is 0.00000256. The normalized spacial score (nSPS) is 25.4. The van der Waals surface area contributed by atoms with Crippen LogP contribution < -0.4 is 0 Å². The summed E-state index contributed by atoms with van der Waals surface area (Å²) in [6.07, 6.45) is 7.75. The van der Waals surface area contributed by atoms with E-state index in [0.29, 0.717) is 10.8 Å². The number of hydrogen-bond acceptors (Lipinski definition) is 0. The molecule has 0 heterocycles. The third-order valence-electron chi connectivity index (χ3n) is 3.85. The summed E-state index contributed by atoms with van der Waals surface area (Å²) in [5.41, 5.74) is 0.998. The van der Waals surface area contributed by atoms with Crippen LogP contribution in [-0.2, 0) is 32.7 Å². The molecule has 1 heteroatoms. The minimum absolute atomic E-state index is 0. The molecule has 1 atom stereocenters. The summed E-state index contributed by atoms with van der Waals surface area (Å²) >= 11 is 0. The van der Waals surface area contributed by atoms with Gasteiger partial charge in [0.25, 0.3) is 0 Å². The van der Waals surface area contributed by atoms with E-state index >= 15 is 0 Å². The first-order chi connectivity index (χ1) is 7.24. The summed E-state index contributed by atoms with van der Waals surface area (Å²) in [6, 6.07) is 0. The summed E-state index contributed by atoms with van der Waals surface area (Å²) in [5.74, 6) is 2.69. The summed E-state index contributed by atoms with van der Waals surface area (Å²) in [7, 11) is 0. The van der Waals surface area contributed by atoms with Crippen molar-refractivity contribution in [1.29, 1.82) is 0 Å². The van der Waals surface area contributed by atoms with Gasteiger partial charge in [0.15, 0.2) is 0 Å². The Labute approximate surface area is 135 Å². The van der Waals surface area contributed by atoms with Crippen LogP contribution in [0, 0.1) is 29.6 Å². The van der Waals surface area contributed by atoms with Gasteiger partial charge in [-0.2, -0.15) is 25.7 Å². The topological polar surface area (TPSA) is 0 Å². The minimum atomic E-state index is 0. The molecule has 0 N–H and O–H groups in total. The van der Waals surface area contributed by atoms with Crippen LogP contribution in [0.5, 0.6) is 0 Å². The van der Waals surface area contributed by atoms with Gasteiger partial charge < -0.3 is 12.8 Å². The van der Waals surface area contributed by atoms with Crippen molar-refractivity contribution in [3.05, 3.63) is 12.8 Å². The van der Waals surface area contributed by atoms with Crippen LogP contribution in [0.15, 0.2) is 0 Å². The molecule has 1 unspecified atom stereocenters. The van der Waals surface area contributed by atoms with Crippen molar-refractivity contribution < 1.29 is 32.7 Å². The molecule has 0 nitrogen and oxygen atoms in total. The molecule has 0 aromatic heterocycles. The smallest absolute Gasteiger partial charge is 0 e. The third kappa shape index (κ3) is 6.72. The zero-order chi connectivity index (χ0) is 12.4. The molecule has 1 aliphatic rings. The number of rotatable bonds is 4. The average Bonchev–Trinajstić information content (AvgIpc) is 1.96. The quantitative estimate of drug-likeness (QED) is 0.607. The second-order valence-electron chi connectivity index (χ2n) is 7.55. The molecule has 0 bridgehead atoms. The first-order valence-corrected chi connectivity index (χ1v) is 6.87. The van der Waals surface area contributed by atoms with E-state index in [-0.39, 0.29) is 32.7 Å². The Kier molecular flexibility index (Phi) is 7.50. The second kappa shape index (κ2) is 7.04. The zero-order valence-corrected chi connectivity index (χ0v) is 15.4. The van der Waals surface area contributed by atoms with Crippen LogP contribution in [-0.4, -0.2) is 0 Å². The molecule has 0 spiro atoms. The van der Waals surface area contributed by atoms with Gasteiger partial charge in [0.1, 0.15) is 0 Å². The standard InChI is InChI=1S/C16H30.Y/c1-7-8-15(3,4)11-14-9-13(2)10-16(5,6)12-14;/h13H,1,7-12H2,2-6H3;/q-2;. The molecule has 1 saturated carbocycles. The molecule has 0 aromatic carbocycles. The first-order valence-electron chi connectivity index (χ1n) is 6.87. The van der Waals surface area contributed by atoms with Gasteiger partial charge in [-0.25, -0.2) is 0 Å². The molecular weight excluding hydrogens is 281 g/mol. The van der Waals surface area contributed by atoms with Gasteiger partial charge in [-0.1, -0.05) is 64.2 Å². The minimum Gasteiger partial charge on any atom is -0.343 e. The van der Waals surface area contributed by atoms with E-state index in [4.69, 9.17) is 0 Å². The van der Waals surface area contributed by atoms with Crippen LogP contribution in [0.3, 0.4) is 0 Å². The van der Waals surface area contributed by atoms with Gasteiger partial charge >= 0.3 is 0 Å². The molecule has 0 amide bonds. The Bertz CT molecular complexity index is 218. The Hall–Kier alpha value is 1.10. The van der Waals surface area contributed by atoms with Gasteiger partial charge in [0, 0.05) is 32.7 Å². The predicted molar refractivity (Wildman–Crippen MR) is 73.0 cm³/mol. The van der Waals surface area contributed by atoms with Gasteiger partial charge in [-0.15, -0.1) is 0 Å². The van der Waals surface area contributed by atoms with Crippen LogP contribution in [0.25, 0.3) is 0 Å². The van der Waals surface area contributed by atoms with E-state index in [9.17, 15) is 0 Å². The van der Waals surface area contributed by atoms with Crippen molar-refractivity contribution in [2.45, 2.75) is 73.1 Å². The van der Waals surface area contributed by atoms with Crippen molar-refractivity contribution in [2.24, 2.45) is 16.7 Å². The summed E-state index contributed by atoms with van der Waals surface area (Å²) in [6.45, 7) is 16.1. The molecule has 17 heavy (non-hydrogen) atoms. The largest absolute Gasteiger partial charge is 0.343 e. The third-order valence-corrected chi connectivity index (χ3v) is 3.85. The SMILES string of the molecule is [CH2-]CCC(C)(C)C[C-]1CC(C)CC(C)(C)C1.[Y]. The second-order valence-corrected chi connectivity index (χ2v) is 7.55. The van der Waals surface area contributed by atoms with Crippen molar-refractivity contribution in [3.63, 3.8) is 0 Å². The number of hydrogen-bond donors (Lipinski definition) is 0. The van der Waals surface area contributed by atoms with Crippen LogP contribution in [0.4, 0.5) is 0 Å². The molecular formula is C16H30Y-2. The average molecular weight is 311 g/mol. The maximum Gasteiger partial charge on any atom is 0 e. The Morgan fingerprint density at radius 1 is 1.35 bits per heavy atom. The molecule has 1 aliphatic carbocycles. The summed E-state index contributed by atoms with van der Waals surface area (Å²) in [5, 5.41) is 0. The molecule has 1 fully saturated rings. The first kappa shape index (κ1) is 18.1. The van der Waals surface area contributed by atoms with Crippen LogP contribution in [0.1, 0.15) is 73.1 Å². The molecule has 0 aromatic rings. The maximum absolute atomic E-state index is 4.00. The fourth-order valence-corrected chi connectivity index (χ4v) is 3.71. The van der Waals surface area contributed by atoms with Crippen LogP contribution >= 0.6 is 0 Å². The molecule has 99 valence electrons. The van der Waals surface area contributed by atoms with E-state index in [2.05, 4.69) is 41.5 Å². The monoisotopic (exact) mass is 311 g/mol. The Morgan fingerprint density at radius 2 is 1.94 bits per heavy atom. The van der Waals surface area contributed by atoms with Gasteiger partial charge in [-0.3, -0.25) is 0 Å². The Morgan fingerprint density at radius 3 is 2.41 bits per heavy atom. The van der Waals surface area contributed by atoms with Crippen LogP contribution in [0.2, 0.25) is 0 Å². The maximum atomic E-state index is 4.00. The summed E-state index contributed by atoms with van der Waals surface area (Å²) in [4.78, 5) is 0. The fraction of sp³-hybridized carbons (Fsp3) is 0.875. The van der Waals surface area contributed by atoms with Gasteiger partial charge in [0.05, 0.1) is 0 Å². The molecule has 0 aliphatic heterocycles.